The lowest BCUT2D eigenvalue weighted by molar-refractivity contribution is -0.321. The second-order valence-corrected chi connectivity index (χ2v) is 9.75. The lowest BCUT2D eigenvalue weighted by Crippen LogP contribution is -2.53. The topological polar surface area (TPSA) is 117 Å². The Kier molecular flexibility index (Phi) is 10.6. The van der Waals surface area contributed by atoms with Crippen LogP contribution in [0.4, 0.5) is 13.2 Å². The van der Waals surface area contributed by atoms with Gasteiger partial charge in [0.2, 0.25) is 11.8 Å². The summed E-state index contributed by atoms with van der Waals surface area (Å²) in [5.41, 5.74) is -0.422. The number of ether oxygens (including phenoxy) is 1. The highest BCUT2D eigenvalue weighted by Gasteiger charge is 2.36. The number of carbonyl (C=O) groups is 3. The zero-order valence-electron chi connectivity index (χ0n) is 19.3. The maximum absolute atomic E-state index is 12.9. The van der Waals surface area contributed by atoms with Gasteiger partial charge in [0.15, 0.2) is 5.78 Å². The van der Waals surface area contributed by atoms with Crippen LogP contribution in [-0.2, 0) is 19.1 Å². The minimum Gasteiger partial charge on any atom is -0.391 e. The Hall–Kier alpha value is -1.72. The molecule has 4 N–H and O–H groups in total. The molecule has 2 amide bonds. The smallest absolute Gasteiger partial charge is 0.391 e. The fourth-order valence-electron chi connectivity index (χ4n) is 3.27. The molecule has 186 valence electrons. The Balaban J connectivity index is 2.91. The van der Waals surface area contributed by atoms with Gasteiger partial charge in [-0.1, -0.05) is 34.6 Å². The fourth-order valence-corrected chi connectivity index (χ4v) is 3.27. The van der Waals surface area contributed by atoms with E-state index in [0.717, 1.165) is 0 Å². The van der Waals surface area contributed by atoms with Gasteiger partial charge in [-0.15, -0.1) is 13.2 Å². The van der Waals surface area contributed by atoms with Crippen LogP contribution in [0.1, 0.15) is 53.9 Å². The SMILES string of the molecule is CC(C)C[C@H](NC[C@H](O)C(C)(C)C)C(=O)N[C@@H](C[C@@H]1CCNC1=O)C(=O)COC(F)(F)F. The molecule has 0 aromatic rings. The van der Waals surface area contributed by atoms with Crippen molar-refractivity contribution in [2.45, 2.75) is 78.4 Å². The van der Waals surface area contributed by atoms with Crippen molar-refractivity contribution < 1.29 is 37.4 Å². The molecule has 1 saturated heterocycles. The van der Waals surface area contributed by atoms with Crippen LogP contribution in [0, 0.1) is 17.3 Å². The average Bonchev–Trinajstić information content (AvgIpc) is 3.05. The number of aliphatic hydroxyl groups excluding tert-OH is 1. The van der Waals surface area contributed by atoms with Crippen LogP contribution in [0.25, 0.3) is 0 Å². The van der Waals surface area contributed by atoms with E-state index in [1.54, 1.807) is 0 Å². The first-order valence-corrected chi connectivity index (χ1v) is 10.8. The molecule has 0 unspecified atom stereocenters. The summed E-state index contributed by atoms with van der Waals surface area (Å²) in [7, 11) is 0. The van der Waals surface area contributed by atoms with Gasteiger partial charge in [0.1, 0.15) is 6.61 Å². The zero-order chi connectivity index (χ0) is 24.7. The lowest BCUT2D eigenvalue weighted by atomic mass is 9.89. The van der Waals surface area contributed by atoms with E-state index in [0.29, 0.717) is 19.4 Å². The van der Waals surface area contributed by atoms with E-state index in [4.69, 9.17) is 0 Å². The lowest BCUT2D eigenvalue weighted by Gasteiger charge is -2.29. The molecule has 1 heterocycles. The van der Waals surface area contributed by atoms with E-state index in [1.165, 1.54) is 0 Å². The van der Waals surface area contributed by atoms with Crippen LogP contribution >= 0.6 is 0 Å². The van der Waals surface area contributed by atoms with Gasteiger partial charge in [0, 0.05) is 19.0 Å². The van der Waals surface area contributed by atoms with Crippen LogP contribution in [0.5, 0.6) is 0 Å². The highest BCUT2D eigenvalue weighted by atomic mass is 19.4. The van der Waals surface area contributed by atoms with E-state index in [9.17, 15) is 32.7 Å². The number of aliphatic hydroxyl groups is 1. The number of carbonyl (C=O) groups excluding carboxylic acids is 3. The normalized spacial score (nSPS) is 20.1. The Bertz CT molecular complexity index is 650. The predicted molar refractivity (Wildman–Crippen MR) is 111 cm³/mol. The first-order chi connectivity index (χ1) is 14.6. The van der Waals surface area contributed by atoms with E-state index >= 15 is 0 Å². The van der Waals surface area contributed by atoms with E-state index in [2.05, 4.69) is 20.7 Å². The zero-order valence-corrected chi connectivity index (χ0v) is 19.3. The van der Waals surface area contributed by atoms with Gasteiger partial charge in [-0.25, -0.2) is 0 Å². The second-order valence-electron chi connectivity index (χ2n) is 9.75. The first kappa shape index (κ1) is 28.3. The maximum atomic E-state index is 12.9. The number of alkyl halides is 3. The molecular formula is C21H36F3N3O5. The number of hydrogen-bond acceptors (Lipinski definition) is 6. The summed E-state index contributed by atoms with van der Waals surface area (Å²) in [6, 6.07) is -2.08. The van der Waals surface area contributed by atoms with Gasteiger partial charge >= 0.3 is 6.36 Å². The third kappa shape index (κ3) is 10.3. The third-order valence-corrected chi connectivity index (χ3v) is 5.35. The molecule has 4 atom stereocenters. The number of hydrogen-bond donors (Lipinski definition) is 4. The average molecular weight is 468 g/mol. The molecular weight excluding hydrogens is 431 g/mol. The number of halogens is 3. The van der Waals surface area contributed by atoms with Crippen molar-refractivity contribution in [2.24, 2.45) is 17.3 Å². The second kappa shape index (κ2) is 11.9. The molecule has 1 rings (SSSR count). The minimum absolute atomic E-state index is 0.0911. The molecule has 8 nitrogen and oxygen atoms in total. The van der Waals surface area contributed by atoms with Gasteiger partial charge in [-0.3, -0.25) is 19.1 Å². The molecule has 0 spiro atoms. The fraction of sp³-hybridized carbons (Fsp3) is 0.857. The number of rotatable bonds is 12. The van der Waals surface area contributed by atoms with E-state index < -0.39 is 54.2 Å². The molecule has 0 aliphatic carbocycles. The van der Waals surface area contributed by atoms with Crippen LogP contribution in [0.15, 0.2) is 0 Å². The standard InChI is InChI=1S/C21H36F3N3O5/c1-12(2)8-15(26-10-17(29)20(3,4)5)19(31)27-14(9-13-6-7-25-18(13)30)16(28)11-32-21(22,23)24/h12-15,17,26,29H,6-11H2,1-5H3,(H,25,30)(H,27,31)/t13-,14-,15-,17-/m0/s1. The maximum Gasteiger partial charge on any atom is 0.522 e. The molecule has 0 aromatic carbocycles. The quantitative estimate of drug-likeness (QED) is 0.346. The molecule has 1 fully saturated rings. The number of Topliss-reactive ketones (excluding diaryl/α,β-unsaturated/α-hetero) is 1. The highest BCUT2D eigenvalue weighted by Crippen LogP contribution is 2.21. The van der Waals surface area contributed by atoms with Gasteiger partial charge < -0.3 is 21.1 Å². The summed E-state index contributed by atoms with van der Waals surface area (Å²) in [5, 5.41) is 18.4. The summed E-state index contributed by atoms with van der Waals surface area (Å²) in [5.74, 6) is -2.35. The Morgan fingerprint density at radius 3 is 2.31 bits per heavy atom. The van der Waals surface area contributed by atoms with Crippen LogP contribution in [-0.4, -0.2) is 67.0 Å². The van der Waals surface area contributed by atoms with Gasteiger partial charge in [-0.2, -0.15) is 0 Å². The molecule has 1 aliphatic rings. The van der Waals surface area contributed by atoms with Crippen molar-refractivity contribution >= 4 is 17.6 Å². The van der Waals surface area contributed by atoms with Crippen molar-refractivity contribution in [3.05, 3.63) is 0 Å². The van der Waals surface area contributed by atoms with Crippen molar-refractivity contribution in [1.82, 2.24) is 16.0 Å². The summed E-state index contributed by atoms with van der Waals surface area (Å²) in [6.07, 6.45) is -5.04. The molecule has 0 radical (unpaired) electrons. The van der Waals surface area contributed by atoms with E-state index in [-0.39, 0.29) is 24.8 Å². The number of nitrogens with one attached hydrogen (secondary N) is 3. The first-order valence-electron chi connectivity index (χ1n) is 10.8. The Labute approximate surface area is 187 Å². The molecule has 0 saturated carbocycles. The van der Waals surface area contributed by atoms with Crippen LogP contribution in [0.2, 0.25) is 0 Å². The Morgan fingerprint density at radius 2 is 1.84 bits per heavy atom. The van der Waals surface area contributed by atoms with Crippen molar-refractivity contribution in [3.63, 3.8) is 0 Å². The monoisotopic (exact) mass is 467 g/mol. The Morgan fingerprint density at radius 1 is 1.22 bits per heavy atom. The van der Waals surface area contributed by atoms with E-state index in [1.807, 2.05) is 34.6 Å². The van der Waals surface area contributed by atoms with Gasteiger partial charge in [0.25, 0.3) is 0 Å². The van der Waals surface area contributed by atoms with Gasteiger partial charge in [-0.05, 0) is 30.6 Å². The number of amides is 2. The van der Waals surface area contributed by atoms with Crippen molar-refractivity contribution in [1.29, 1.82) is 0 Å². The highest BCUT2D eigenvalue weighted by molar-refractivity contribution is 5.92. The van der Waals surface area contributed by atoms with Crippen molar-refractivity contribution in [3.8, 4) is 0 Å². The van der Waals surface area contributed by atoms with Crippen LogP contribution in [0.3, 0.4) is 0 Å². The predicted octanol–water partition coefficient (Wildman–Crippen LogP) is 1.51. The molecule has 0 aromatic heterocycles. The molecule has 1 aliphatic heterocycles. The number of ketones is 1. The summed E-state index contributed by atoms with van der Waals surface area (Å²) in [4.78, 5) is 37.3. The summed E-state index contributed by atoms with van der Waals surface area (Å²) >= 11 is 0. The molecule has 32 heavy (non-hydrogen) atoms. The van der Waals surface area contributed by atoms with Crippen LogP contribution < -0.4 is 16.0 Å². The largest absolute Gasteiger partial charge is 0.522 e. The summed E-state index contributed by atoms with van der Waals surface area (Å²) in [6.45, 7) is 8.59. The summed E-state index contributed by atoms with van der Waals surface area (Å²) < 4.78 is 40.8. The minimum atomic E-state index is -4.99. The molecule has 11 heteroatoms. The van der Waals surface area contributed by atoms with Gasteiger partial charge in [0.05, 0.1) is 18.2 Å². The molecule has 0 bridgehead atoms. The van der Waals surface area contributed by atoms with Crippen molar-refractivity contribution in [2.75, 3.05) is 19.7 Å². The third-order valence-electron chi connectivity index (χ3n) is 5.35.